The van der Waals surface area contributed by atoms with E-state index in [0.717, 1.165) is 6.42 Å². The Labute approximate surface area is 89.4 Å². The average Bonchev–Trinajstić information content (AvgIpc) is 2.25. The van der Waals surface area contributed by atoms with E-state index in [1.165, 1.54) is 11.1 Å². The van der Waals surface area contributed by atoms with Gasteiger partial charge >= 0.3 is 0 Å². The maximum Gasteiger partial charge on any atom is 0.246 e. The molecule has 1 amide bonds. The van der Waals surface area contributed by atoms with Gasteiger partial charge in [0, 0.05) is 13.0 Å². The van der Waals surface area contributed by atoms with E-state index in [1.807, 2.05) is 0 Å². The normalized spacial score (nSPS) is 21.1. The van der Waals surface area contributed by atoms with Crippen LogP contribution in [0.15, 0.2) is 24.3 Å². The number of benzene rings is 1. The van der Waals surface area contributed by atoms with E-state index in [9.17, 15) is 4.79 Å². The molecule has 0 aromatic heterocycles. The number of hydrogen-bond donors (Lipinski definition) is 1. The summed E-state index contributed by atoms with van der Waals surface area (Å²) in [7, 11) is 0. The summed E-state index contributed by atoms with van der Waals surface area (Å²) in [6.07, 6.45) is 0.978. The van der Waals surface area contributed by atoms with Gasteiger partial charge in [-0.3, -0.25) is 4.79 Å². The first-order valence-corrected chi connectivity index (χ1v) is 5.18. The highest BCUT2D eigenvalue weighted by Gasteiger charge is 2.18. The Morgan fingerprint density at radius 2 is 2.13 bits per heavy atom. The minimum Gasteiger partial charge on any atom is -0.366 e. The van der Waals surface area contributed by atoms with Crippen molar-refractivity contribution in [3.63, 3.8) is 0 Å². The van der Waals surface area contributed by atoms with E-state index >= 15 is 0 Å². The number of amides is 1. The topological polar surface area (TPSA) is 38.3 Å². The third-order valence-corrected chi connectivity index (χ3v) is 2.56. The van der Waals surface area contributed by atoms with E-state index < -0.39 is 0 Å². The van der Waals surface area contributed by atoms with Gasteiger partial charge in [0.2, 0.25) is 5.91 Å². The van der Waals surface area contributed by atoms with Crippen LogP contribution < -0.4 is 5.32 Å². The van der Waals surface area contributed by atoms with Gasteiger partial charge in [0.15, 0.2) is 0 Å². The van der Waals surface area contributed by atoms with Crippen LogP contribution in [0.4, 0.5) is 0 Å². The number of rotatable bonds is 2. The second kappa shape index (κ2) is 4.45. The number of nitrogens with one attached hydrogen (secondary N) is 1. The lowest BCUT2D eigenvalue weighted by Gasteiger charge is -2.23. The average molecular weight is 205 g/mol. The van der Waals surface area contributed by atoms with Crippen molar-refractivity contribution in [1.82, 2.24) is 5.32 Å². The molecule has 0 bridgehead atoms. The first kappa shape index (κ1) is 10.2. The number of carbonyl (C=O) groups excluding carboxylic acids is 1. The highest BCUT2D eigenvalue weighted by atomic mass is 16.5. The molecule has 1 aliphatic rings. The zero-order chi connectivity index (χ0) is 10.7. The minimum atomic E-state index is -0.0184. The van der Waals surface area contributed by atoms with Crippen LogP contribution in [0.5, 0.6) is 0 Å². The first-order valence-electron chi connectivity index (χ1n) is 5.18. The van der Waals surface area contributed by atoms with Crippen molar-refractivity contribution in [2.24, 2.45) is 0 Å². The van der Waals surface area contributed by atoms with Crippen molar-refractivity contribution in [3.05, 3.63) is 35.4 Å². The van der Waals surface area contributed by atoms with Crippen LogP contribution >= 0.6 is 0 Å². The maximum atomic E-state index is 10.9. The number of morpholine rings is 1. The van der Waals surface area contributed by atoms with Crippen molar-refractivity contribution in [1.29, 1.82) is 0 Å². The largest absolute Gasteiger partial charge is 0.366 e. The predicted octanol–water partition coefficient (Wildman–Crippen LogP) is 1.05. The lowest BCUT2D eigenvalue weighted by molar-refractivity contribution is -0.133. The summed E-state index contributed by atoms with van der Waals surface area (Å²) >= 11 is 0. The minimum absolute atomic E-state index is 0.0184. The third-order valence-electron chi connectivity index (χ3n) is 2.56. The molecule has 1 unspecified atom stereocenters. The molecule has 1 aliphatic heterocycles. The van der Waals surface area contributed by atoms with Crippen LogP contribution in [0.3, 0.4) is 0 Å². The summed E-state index contributed by atoms with van der Waals surface area (Å²) in [6, 6.07) is 8.40. The number of carbonyl (C=O) groups is 1. The zero-order valence-electron chi connectivity index (χ0n) is 8.82. The Hall–Kier alpha value is -1.35. The summed E-state index contributed by atoms with van der Waals surface area (Å²) in [6.45, 7) is 2.88. The molecule has 3 heteroatoms. The molecular weight excluding hydrogens is 190 g/mol. The molecule has 1 atom stereocenters. The molecule has 3 nitrogen and oxygen atoms in total. The molecule has 0 aliphatic carbocycles. The Kier molecular flexibility index (Phi) is 3.02. The molecule has 0 saturated carbocycles. The molecule has 1 aromatic rings. The zero-order valence-corrected chi connectivity index (χ0v) is 8.82. The van der Waals surface area contributed by atoms with Gasteiger partial charge in [-0.1, -0.05) is 29.8 Å². The molecule has 1 fully saturated rings. The Morgan fingerprint density at radius 1 is 1.40 bits per heavy atom. The van der Waals surface area contributed by atoms with Gasteiger partial charge in [0.1, 0.15) is 6.61 Å². The lowest BCUT2D eigenvalue weighted by Crippen LogP contribution is -2.43. The fourth-order valence-electron chi connectivity index (χ4n) is 1.65. The Bertz CT molecular complexity index is 335. The van der Waals surface area contributed by atoms with Gasteiger partial charge < -0.3 is 10.1 Å². The molecule has 80 valence electrons. The molecular formula is C12H15NO2. The molecule has 1 N–H and O–H groups in total. The monoisotopic (exact) mass is 205 g/mol. The van der Waals surface area contributed by atoms with Crippen molar-refractivity contribution >= 4 is 5.91 Å². The van der Waals surface area contributed by atoms with Crippen LogP contribution in [-0.2, 0) is 16.0 Å². The molecule has 0 radical (unpaired) electrons. The van der Waals surface area contributed by atoms with Crippen LogP contribution in [0.2, 0.25) is 0 Å². The van der Waals surface area contributed by atoms with Crippen molar-refractivity contribution < 1.29 is 9.53 Å². The Morgan fingerprint density at radius 3 is 2.73 bits per heavy atom. The van der Waals surface area contributed by atoms with Gasteiger partial charge in [0.25, 0.3) is 0 Å². The summed E-state index contributed by atoms with van der Waals surface area (Å²) in [5.41, 5.74) is 2.51. The second-order valence-corrected chi connectivity index (χ2v) is 3.93. The van der Waals surface area contributed by atoms with Crippen LogP contribution in [0.25, 0.3) is 0 Å². The standard InChI is InChI=1S/C12H15NO2/c1-9-2-4-10(5-3-9)6-11-7-13-12(14)8-15-11/h2-5,11H,6-8H2,1H3,(H,13,14). The summed E-state index contributed by atoms with van der Waals surface area (Å²) in [5.74, 6) is -0.0184. The second-order valence-electron chi connectivity index (χ2n) is 3.93. The van der Waals surface area contributed by atoms with E-state index in [2.05, 4.69) is 36.5 Å². The summed E-state index contributed by atoms with van der Waals surface area (Å²) in [5, 5.41) is 2.80. The van der Waals surface area contributed by atoms with Crippen LogP contribution in [0, 0.1) is 6.92 Å². The van der Waals surface area contributed by atoms with E-state index in [0.29, 0.717) is 6.54 Å². The highest BCUT2D eigenvalue weighted by Crippen LogP contribution is 2.09. The fraction of sp³-hybridized carbons (Fsp3) is 0.417. The van der Waals surface area contributed by atoms with Gasteiger partial charge in [-0.15, -0.1) is 0 Å². The van der Waals surface area contributed by atoms with E-state index in [1.54, 1.807) is 0 Å². The molecule has 2 rings (SSSR count). The third kappa shape index (κ3) is 2.80. The van der Waals surface area contributed by atoms with Gasteiger partial charge in [0.05, 0.1) is 6.10 Å². The van der Waals surface area contributed by atoms with Crippen LogP contribution in [-0.4, -0.2) is 25.2 Å². The number of ether oxygens (including phenoxy) is 1. The van der Waals surface area contributed by atoms with Crippen molar-refractivity contribution in [3.8, 4) is 0 Å². The quantitative estimate of drug-likeness (QED) is 0.783. The fourth-order valence-corrected chi connectivity index (χ4v) is 1.65. The van der Waals surface area contributed by atoms with Crippen molar-refractivity contribution in [2.45, 2.75) is 19.4 Å². The highest BCUT2D eigenvalue weighted by molar-refractivity contribution is 5.77. The summed E-state index contributed by atoms with van der Waals surface area (Å²) < 4.78 is 5.41. The SMILES string of the molecule is Cc1ccc(CC2CNC(=O)CO2)cc1. The van der Waals surface area contributed by atoms with Gasteiger partial charge in [-0.2, -0.15) is 0 Å². The maximum absolute atomic E-state index is 10.9. The lowest BCUT2D eigenvalue weighted by atomic mass is 10.1. The Balaban J connectivity index is 1.91. The van der Waals surface area contributed by atoms with Gasteiger partial charge in [-0.25, -0.2) is 0 Å². The number of hydrogen-bond acceptors (Lipinski definition) is 2. The molecule has 0 spiro atoms. The smallest absolute Gasteiger partial charge is 0.246 e. The van der Waals surface area contributed by atoms with Crippen LogP contribution in [0.1, 0.15) is 11.1 Å². The molecule has 1 aromatic carbocycles. The summed E-state index contributed by atoms with van der Waals surface area (Å²) in [4.78, 5) is 10.9. The van der Waals surface area contributed by atoms with Crippen molar-refractivity contribution in [2.75, 3.05) is 13.2 Å². The predicted molar refractivity (Wildman–Crippen MR) is 57.6 cm³/mol. The van der Waals surface area contributed by atoms with E-state index in [-0.39, 0.29) is 18.6 Å². The molecule has 1 saturated heterocycles. The molecule has 1 heterocycles. The van der Waals surface area contributed by atoms with E-state index in [4.69, 9.17) is 4.74 Å². The first-order chi connectivity index (χ1) is 7.24. The van der Waals surface area contributed by atoms with Gasteiger partial charge in [-0.05, 0) is 12.5 Å². The number of aryl methyl sites for hydroxylation is 1. The molecule has 15 heavy (non-hydrogen) atoms.